The molecule has 1 heterocycles. The van der Waals surface area contributed by atoms with E-state index in [0.29, 0.717) is 15.3 Å². The molecule has 0 N–H and O–H groups in total. The van der Waals surface area contributed by atoms with E-state index in [4.69, 9.17) is 0 Å². The summed E-state index contributed by atoms with van der Waals surface area (Å²) in [5.74, 6) is -0.0463. The van der Waals surface area contributed by atoms with Gasteiger partial charge in [-0.2, -0.15) is 0 Å². The van der Waals surface area contributed by atoms with E-state index in [1.54, 1.807) is 6.07 Å². The van der Waals surface area contributed by atoms with Crippen molar-refractivity contribution in [1.29, 1.82) is 0 Å². The summed E-state index contributed by atoms with van der Waals surface area (Å²) >= 11 is 1.24. The first-order chi connectivity index (χ1) is 9.75. The Morgan fingerprint density at radius 1 is 0.900 bits per heavy atom. The average Bonchev–Trinajstić information content (AvgIpc) is 3.07. The SMILES string of the molecule is Fc1cccc2c1sc1c(F)c(C3CCCC3)ccc12. The van der Waals surface area contributed by atoms with E-state index in [0.717, 1.165) is 29.2 Å². The molecule has 102 valence electrons. The Labute approximate surface area is 120 Å². The average molecular weight is 288 g/mol. The maximum atomic E-state index is 14.8. The molecule has 0 bridgehead atoms. The number of halogens is 2. The van der Waals surface area contributed by atoms with Crippen LogP contribution in [0.4, 0.5) is 8.78 Å². The van der Waals surface area contributed by atoms with E-state index in [1.807, 2.05) is 18.2 Å². The molecule has 4 rings (SSSR count). The molecule has 1 saturated carbocycles. The molecule has 1 aliphatic rings. The zero-order chi connectivity index (χ0) is 13.7. The lowest BCUT2D eigenvalue weighted by Crippen LogP contribution is -1.96. The van der Waals surface area contributed by atoms with Crippen molar-refractivity contribution in [2.45, 2.75) is 31.6 Å². The highest BCUT2D eigenvalue weighted by Crippen LogP contribution is 2.42. The Hall–Kier alpha value is -1.48. The highest BCUT2D eigenvalue weighted by Gasteiger charge is 2.23. The molecule has 20 heavy (non-hydrogen) atoms. The monoisotopic (exact) mass is 288 g/mol. The van der Waals surface area contributed by atoms with E-state index < -0.39 is 0 Å². The summed E-state index contributed by atoms with van der Waals surface area (Å²) in [4.78, 5) is 0. The first-order valence-corrected chi connectivity index (χ1v) is 7.86. The maximum Gasteiger partial charge on any atom is 0.144 e. The van der Waals surface area contributed by atoms with E-state index in [-0.39, 0.29) is 11.6 Å². The quantitative estimate of drug-likeness (QED) is 0.516. The molecule has 2 aromatic carbocycles. The predicted octanol–water partition coefficient (Wildman–Crippen LogP) is 5.99. The van der Waals surface area contributed by atoms with Crippen molar-refractivity contribution in [3.05, 3.63) is 47.5 Å². The molecule has 0 spiro atoms. The fraction of sp³-hybridized carbons (Fsp3) is 0.294. The molecule has 3 heteroatoms. The summed E-state index contributed by atoms with van der Waals surface area (Å²) in [5, 5.41) is 1.66. The molecule has 1 aromatic heterocycles. The second kappa shape index (κ2) is 4.52. The molecular weight excluding hydrogens is 274 g/mol. The summed E-state index contributed by atoms with van der Waals surface area (Å²) in [6.07, 6.45) is 4.51. The lowest BCUT2D eigenvalue weighted by atomic mass is 9.96. The van der Waals surface area contributed by atoms with Crippen LogP contribution >= 0.6 is 11.3 Å². The fourth-order valence-corrected chi connectivity index (χ4v) is 4.52. The van der Waals surface area contributed by atoms with E-state index in [2.05, 4.69) is 0 Å². The Bertz CT molecular complexity index is 797. The standard InChI is InChI=1S/C17H14F2S/c18-14-7-3-6-12-13-9-8-11(10-4-1-2-5-10)15(19)17(13)20-16(12)14/h3,6-10H,1-2,4-5H2. The Balaban J connectivity index is 2.01. The van der Waals surface area contributed by atoms with Gasteiger partial charge in [0.15, 0.2) is 0 Å². The van der Waals surface area contributed by atoms with Gasteiger partial charge < -0.3 is 0 Å². The van der Waals surface area contributed by atoms with Gasteiger partial charge in [-0.1, -0.05) is 37.1 Å². The summed E-state index contributed by atoms with van der Waals surface area (Å²) in [6, 6.07) is 8.86. The Morgan fingerprint density at radius 2 is 1.65 bits per heavy atom. The van der Waals surface area contributed by atoms with Crippen molar-refractivity contribution in [2.75, 3.05) is 0 Å². The number of rotatable bonds is 1. The van der Waals surface area contributed by atoms with Crippen molar-refractivity contribution >= 4 is 31.5 Å². The molecule has 0 saturated heterocycles. The number of hydrogen-bond acceptors (Lipinski definition) is 1. The zero-order valence-corrected chi connectivity index (χ0v) is 11.8. The van der Waals surface area contributed by atoms with Crippen LogP contribution in [0.2, 0.25) is 0 Å². The van der Waals surface area contributed by atoms with E-state index in [9.17, 15) is 8.78 Å². The van der Waals surface area contributed by atoms with Gasteiger partial charge in [0.05, 0.1) is 9.40 Å². The van der Waals surface area contributed by atoms with Crippen LogP contribution in [0.1, 0.15) is 37.2 Å². The molecule has 0 atom stereocenters. The molecule has 0 nitrogen and oxygen atoms in total. The molecule has 0 unspecified atom stereocenters. The minimum atomic E-state index is -0.259. The van der Waals surface area contributed by atoms with Gasteiger partial charge in [0, 0.05) is 10.8 Å². The topological polar surface area (TPSA) is 0 Å². The highest BCUT2D eigenvalue weighted by atomic mass is 32.1. The van der Waals surface area contributed by atoms with Crippen LogP contribution in [-0.2, 0) is 0 Å². The molecule has 0 radical (unpaired) electrons. The van der Waals surface area contributed by atoms with Crippen molar-refractivity contribution in [2.24, 2.45) is 0 Å². The molecule has 1 aliphatic carbocycles. The first-order valence-electron chi connectivity index (χ1n) is 7.05. The summed E-state index contributed by atoms with van der Waals surface area (Å²) < 4.78 is 29.8. The van der Waals surface area contributed by atoms with Gasteiger partial charge in [-0.25, -0.2) is 8.78 Å². The molecule has 3 aromatic rings. The summed E-state index contributed by atoms with van der Waals surface area (Å²) in [7, 11) is 0. The van der Waals surface area contributed by atoms with Gasteiger partial charge in [0.2, 0.25) is 0 Å². The first kappa shape index (κ1) is 12.3. The van der Waals surface area contributed by atoms with Crippen LogP contribution in [-0.4, -0.2) is 0 Å². The van der Waals surface area contributed by atoms with Gasteiger partial charge in [-0.05, 0) is 30.4 Å². The summed E-state index contributed by atoms with van der Waals surface area (Å²) in [5.41, 5.74) is 0.821. The van der Waals surface area contributed by atoms with Gasteiger partial charge in [-0.3, -0.25) is 0 Å². The van der Waals surface area contributed by atoms with Gasteiger partial charge >= 0.3 is 0 Å². The largest absolute Gasteiger partial charge is 0.205 e. The third kappa shape index (κ3) is 1.69. The molecular formula is C17H14F2S. The van der Waals surface area contributed by atoms with Crippen molar-refractivity contribution < 1.29 is 8.78 Å². The van der Waals surface area contributed by atoms with Crippen LogP contribution in [0.15, 0.2) is 30.3 Å². The van der Waals surface area contributed by atoms with Crippen molar-refractivity contribution in [3.8, 4) is 0 Å². The van der Waals surface area contributed by atoms with Crippen LogP contribution in [0.3, 0.4) is 0 Å². The second-order valence-electron chi connectivity index (χ2n) is 5.55. The van der Waals surface area contributed by atoms with E-state index in [1.165, 1.54) is 30.2 Å². The van der Waals surface area contributed by atoms with Gasteiger partial charge in [-0.15, -0.1) is 11.3 Å². The zero-order valence-electron chi connectivity index (χ0n) is 11.0. The minimum absolute atomic E-state index is 0.130. The fourth-order valence-electron chi connectivity index (χ4n) is 3.36. The van der Waals surface area contributed by atoms with E-state index >= 15 is 0 Å². The van der Waals surface area contributed by atoms with Crippen molar-refractivity contribution in [1.82, 2.24) is 0 Å². The van der Waals surface area contributed by atoms with Crippen LogP contribution in [0.5, 0.6) is 0 Å². The number of thiophene rings is 1. The Morgan fingerprint density at radius 3 is 2.45 bits per heavy atom. The normalized spacial score (nSPS) is 16.5. The summed E-state index contributed by atoms with van der Waals surface area (Å²) in [6.45, 7) is 0. The second-order valence-corrected chi connectivity index (χ2v) is 6.57. The van der Waals surface area contributed by atoms with Crippen molar-refractivity contribution in [3.63, 3.8) is 0 Å². The minimum Gasteiger partial charge on any atom is -0.205 e. The third-order valence-electron chi connectivity index (χ3n) is 4.38. The third-order valence-corrected chi connectivity index (χ3v) is 5.61. The molecule has 0 aliphatic heterocycles. The highest BCUT2D eigenvalue weighted by molar-refractivity contribution is 7.25. The number of fused-ring (bicyclic) bond motifs is 3. The maximum absolute atomic E-state index is 14.8. The van der Waals surface area contributed by atoms with Crippen LogP contribution < -0.4 is 0 Å². The Kier molecular flexibility index (Phi) is 2.77. The molecule has 1 fully saturated rings. The smallest absolute Gasteiger partial charge is 0.144 e. The lowest BCUT2D eigenvalue weighted by Gasteiger charge is -2.10. The number of benzene rings is 2. The number of hydrogen-bond donors (Lipinski definition) is 0. The van der Waals surface area contributed by atoms with Gasteiger partial charge in [0.1, 0.15) is 11.6 Å². The van der Waals surface area contributed by atoms with Crippen LogP contribution in [0, 0.1) is 11.6 Å². The van der Waals surface area contributed by atoms with Gasteiger partial charge in [0.25, 0.3) is 0 Å². The lowest BCUT2D eigenvalue weighted by molar-refractivity contribution is 0.592. The molecule has 0 amide bonds. The predicted molar refractivity (Wildman–Crippen MR) is 80.5 cm³/mol. The van der Waals surface area contributed by atoms with Crippen LogP contribution in [0.25, 0.3) is 20.2 Å².